The number of nitrogens with zero attached hydrogens (tertiary/aromatic N) is 1. The molecule has 0 spiro atoms. The Hall–Kier alpha value is -1.81. The van der Waals surface area contributed by atoms with Gasteiger partial charge in [0.05, 0.1) is 0 Å². The summed E-state index contributed by atoms with van der Waals surface area (Å²) in [7, 11) is 0. The Morgan fingerprint density at radius 2 is 1.80 bits per heavy atom. The number of carbonyl (C=O) groups excluding carboxylic acids is 1. The maximum atomic E-state index is 12.8. The number of benzene rings is 2. The maximum Gasteiger partial charge on any atom is 0.254 e. The quantitative estimate of drug-likeness (QED) is 0.696. The lowest BCUT2D eigenvalue weighted by atomic mass is 9.82. The first-order chi connectivity index (χ1) is 11.9. The Morgan fingerprint density at radius 3 is 2.48 bits per heavy atom. The van der Waals surface area contributed by atoms with Gasteiger partial charge in [-0.15, -0.1) is 0 Å². The van der Waals surface area contributed by atoms with Crippen molar-refractivity contribution in [2.45, 2.75) is 33.3 Å². The summed E-state index contributed by atoms with van der Waals surface area (Å²) < 4.78 is 6.74. The van der Waals surface area contributed by atoms with Crippen LogP contribution in [0.3, 0.4) is 0 Å². The van der Waals surface area contributed by atoms with E-state index in [4.69, 9.17) is 4.74 Å². The molecule has 0 N–H and O–H groups in total. The third-order valence-corrected chi connectivity index (χ3v) is 5.23. The second-order valence-electron chi connectivity index (χ2n) is 7.41. The van der Waals surface area contributed by atoms with Gasteiger partial charge in [-0.25, -0.2) is 0 Å². The molecule has 3 rings (SSSR count). The lowest BCUT2D eigenvalue weighted by Crippen LogP contribution is -2.41. The SMILES string of the molecule is CC1(C)CCN(C(=O)c2cc(Br)cc(OCc3ccccc3)c2)CC1. The summed E-state index contributed by atoms with van der Waals surface area (Å²) >= 11 is 3.50. The molecule has 1 aliphatic rings. The Balaban J connectivity index is 1.69. The molecule has 0 unspecified atom stereocenters. The summed E-state index contributed by atoms with van der Waals surface area (Å²) in [5, 5.41) is 0. The highest BCUT2D eigenvalue weighted by molar-refractivity contribution is 9.10. The van der Waals surface area contributed by atoms with Gasteiger partial charge in [-0.3, -0.25) is 4.79 Å². The number of hydrogen-bond donors (Lipinski definition) is 0. The molecule has 132 valence electrons. The van der Waals surface area contributed by atoms with Crippen LogP contribution in [0, 0.1) is 5.41 Å². The standard InChI is InChI=1S/C21H24BrNO2/c1-21(2)8-10-23(11-9-21)20(24)17-12-18(22)14-19(13-17)25-15-16-6-4-3-5-7-16/h3-7,12-14H,8-11,15H2,1-2H3. The zero-order chi connectivity index (χ0) is 17.9. The van der Waals surface area contributed by atoms with Crippen molar-refractivity contribution in [2.24, 2.45) is 5.41 Å². The molecular formula is C21H24BrNO2. The number of halogens is 1. The van der Waals surface area contributed by atoms with Crippen molar-refractivity contribution >= 4 is 21.8 Å². The van der Waals surface area contributed by atoms with E-state index in [0.29, 0.717) is 23.3 Å². The van der Waals surface area contributed by atoms with Crippen LogP contribution in [0.1, 0.15) is 42.6 Å². The van der Waals surface area contributed by atoms with Crippen molar-refractivity contribution in [3.63, 3.8) is 0 Å². The normalized spacial score (nSPS) is 16.5. The van der Waals surface area contributed by atoms with Crippen molar-refractivity contribution in [2.75, 3.05) is 13.1 Å². The summed E-state index contributed by atoms with van der Waals surface area (Å²) in [6.45, 7) is 6.66. The summed E-state index contributed by atoms with van der Waals surface area (Å²) in [4.78, 5) is 14.8. The molecule has 0 atom stereocenters. The fourth-order valence-electron chi connectivity index (χ4n) is 3.01. The van der Waals surface area contributed by atoms with Crippen LogP contribution in [0.4, 0.5) is 0 Å². The van der Waals surface area contributed by atoms with E-state index in [1.165, 1.54) is 0 Å². The van der Waals surface area contributed by atoms with Crippen molar-refractivity contribution < 1.29 is 9.53 Å². The minimum atomic E-state index is 0.0846. The molecule has 2 aromatic carbocycles. The largest absolute Gasteiger partial charge is 0.489 e. The smallest absolute Gasteiger partial charge is 0.254 e. The summed E-state index contributed by atoms with van der Waals surface area (Å²) in [6.07, 6.45) is 2.09. The highest BCUT2D eigenvalue weighted by Crippen LogP contribution is 2.31. The van der Waals surface area contributed by atoms with Gasteiger partial charge in [-0.1, -0.05) is 60.1 Å². The summed E-state index contributed by atoms with van der Waals surface area (Å²) in [5.41, 5.74) is 2.11. The van der Waals surface area contributed by atoms with E-state index in [9.17, 15) is 4.79 Å². The van der Waals surface area contributed by atoms with Crippen LogP contribution in [-0.4, -0.2) is 23.9 Å². The number of ether oxygens (including phenoxy) is 1. The van der Waals surface area contributed by atoms with Crippen LogP contribution in [-0.2, 0) is 6.61 Å². The molecule has 1 saturated heterocycles. The van der Waals surface area contributed by atoms with Gasteiger partial charge < -0.3 is 9.64 Å². The lowest BCUT2D eigenvalue weighted by molar-refractivity contribution is 0.0629. The van der Waals surface area contributed by atoms with E-state index in [1.54, 1.807) is 0 Å². The molecular weight excluding hydrogens is 378 g/mol. The monoisotopic (exact) mass is 401 g/mol. The van der Waals surface area contributed by atoms with E-state index < -0.39 is 0 Å². The fourth-order valence-corrected chi connectivity index (χ4v) is 3.48. The number of hydrogen-bond acceptors (Lipinski definition) is 2. The topological polar surface area (TPSA) is 29.5 Å². The Labute approximate surface area is 158 Å². The minimum absolute atomic E-state index is 0.0846. The zero-order valence-corrected chi connectivity index (χ0v) is 16.4. The van der Waals surface area contributed by atoms with Crippen LogP contribution < -0.4 is 4.74 Å². The molecule has 0 saturated carbocycles. The average molecular weight is 402 g/mol. The molecule has 1 aliphatic heterocycles. The van der Waals surface area contributed by atoms with Crippen LogP contribution in [0.5, 0.6) is 5.75 Å². The van der Waals surface area contributed by atoms with Gasteiger partial charge in [0.25, 0.3) is 5.91 Å². The van der Waals surface area contributed by atoms with E-state index >= 15 is 0 Å². The number of likely N-dealkylation sites (tertiary alicyclic amines) is 1. The van der Waals surface area contributed by atoms with Gasteiger partial charge >= 0.3 is 0 Å². The number of rotatable bonds is 4. The first kappa shape index (κ1) is 18.0. The van der Waals surface area contributed by atoms with Crippen molar-refractivity contribution in [1.82, 2.24) is 4.90 Å². The molecule has 1 heterocycles. The highest BCUT2D eigenvalue weighted by atomic mass is 79.9. The van der Waals surface area contributed by atoms with Gasteiger partial charge in [0.2, 0.25) is 0 Å². The second kappa shape index (κ2) is 7.61. The van der Waals surface area contributed by atoms with Crippen LogP contribution in [0.15, 0.2) is 53.0 Å². The molecule has 0 aliphatic carbocycles. The van der Waals surface area contributed by atoms with Crippen LogP contribution in [0.2, 0.25) is 0 Å². The van der Waals surface area contributed by atoms with Crippen LogP contribution in [0.25, 0.3) is 0 Å². The molecule has 4 heteroatoms. The molecule has 3 nitrogen and oxygen atoms in total. The van der Waals surface area contributed by atoms with E-state index in [-0.39, 0.29) is 5.91 Å². The molecule has 0 aromatic heterocycles. The van der Waals surface area contributed by atoms with Gasteiger partial charge in [-0.05, 0) is 42.0 Å². The highest BCUT2D eigenvalue weighted by Gasteiger charge is 2.28. The second-order valence-corrected chi connectivity index (χ2v) is 8.32. The number of carbonyl (C=O) groups is 1. The average Bonchev–Trinajstić information content (AvgIpc) is 2.60. The van der Waals surface area contributed by atoms with Gasteiger partial charge in [0.15, 0.2) is 0 Å². The van der Waals surface area contributed by atoms with E-state index in [2.05, 4.69) is 29.8 Å². The van der Waals surface area contributed by atoms with E-state index in [0.717, 1.165) is 36.0 Å². The van der Waals surface area contributed by atoms with Gasteiger partial charge in [0, 0.05) is 23.1 Å². The first-order valence-corrected chi connectivity index (χ1v) is 9.49. The molecule has 0 radical (unpaired) electrons. The third kappa shape index (κ3) is 4.85. The maximum absolute atomic E-state index is 12.8. The van der Waals surface area contributed by atoms with Gasteiger partial charge in [0.1, 0.15) is 12.4 Å². The van der Waals surface area contributed by atoms with Crippen molar-refractivity contribution in [3.05, 3.63) is 64.1 Å². The Kier molecular flexibility index (Phi) is 5.48. The predicted octanol–water partition coefficient (Wildman–Crippen LogP) is 5.29. The van der Waals surface area contributed by atoms with Gasteiger partial charge in [-0.2, -0.15) is 0 Å². The molecule has 1 amide bonds. The van der Waals surface area contributed by atoms with Crippen molar-refractivity contribution in [3.8, 4) is 5.75 Å². The Bertz CT molecular complexity index is 733. The van der Waals surface area contributed by atoms with Crippen LogP contribution >= 0.6 is 15.9 Å². The summed E-state index contributed by atoms with van der Waals surface area (Å²) in [6, 6.07) is 15.6. The predicted molar refractivity (Wildman–Crippen MR) is 104 cm³/mol. The first-order valence-electron chi connectivity index (χ1n) is 8.70. The third-order valence-electron chi connectivity index (χ3n) is 4.77. The Morgan fingerprint density at radius 1 is 1.12 bits per heavy atom. The molecule has 2 aromatic rings. The zero-order valence-electron chi connectivity index (χ0n) is 14.8. The lowest BCUT2D eigenvalue weighted by Gasteiger charge is -2.37. The molecule has 0 bridgehead atoms. The minimum Gasteiger partial charge on any atom is -0.489 e. The van der Waals surface area contributed by atoms with E-state index in [1.807, 2.05) is 53.4 Å². The van der Waals surface area contributed by atoms with Crippen molar-refractivity contribution in [1.29, 1.82) is 0 Å². The number of piperidine rings is 1. The summed E-state index contributed by atoms with van der Waals surface area (Å²) in [5.74, 6) is 0.792. The molecule has 1 fully saturated rings. The fraction of sp³-hybridized carbons (Fsp3) is 0.381. The molecule has 25 heavy (non-hydrogen) atoms. The number of amides is 1.